The number of hydrogen-bond donors (Lipinski definition) is 2. The van der Waals surface area contributed by atoms with Crippen molar-refractivity contribution in [2.24, 2.45) is 0 Å². The van der Waals surface area contributed by atoms with Gasteiger partial charge in [0, 0.05) is 24.0 Å². The van der Waals surface area contributed by atoms with E-state index in [1.54, 1.807) is 11.1 Å². The number of pyridine rings is 1. The lowest BCUT2D eigenvalue weighted by atomic mass is 9.79. The fraction of sp³-hybridized carbons (Fsp3) is 0.375. The predicted molar refractivity (Wildman–Crippen MR) is 154 cm³/mol. The molecule has 6 rings (SSSR count). The standard InChI is InChI=1S/C32H35N5O3/c1-4-32(5-2)30(40)37(26(19-36(32)3)21-10-7-6-8-11-21)20-27(38)34-24-14-13-22-17-31(18-23(22)16-24)25-12-9-15-33-28(25)35-29(31)39/h6-16,26H,4-5,17-20H2,1-3H3,(H,34,38)(H,33,35,39)/t26-,31-/m1/s1. The molecular formula is C32H35N5O3. The summed E-state index contributed by atoms with van der Waals surface area (Å²) in [5.74, 6) is 0.360. The Bertz CT molecular complexity index is 1480. The normalized spacial score (nSPS) is 23.2. The summed E-state index contributed by atoms with van der Waals surface area (Å²) in [7, 11) is 2.01. The van der Waals surface area contributed by atoms with E-state index in [2.05, 4.69) is 20.5 Å². The SMILES string of the molecule is CCC1(CC)C(=O)N(CC(=O)Nc2ccc3c(c2)C[C@@]2(C3)C(=O)Nc3ncccc32)[C@@H](c2ccccc2)CN1C. The molecule has 3 aliphatic rings. The number of benzene rings is 2. The van der Waals surface area contributed by atoms with E-state index >= 15 is 0 Å². The van der Waals surface area contributed by atoms with Crippen molar-refractivity contribution in [2.45, 2.75) is 56.5 Å². The van der Waals surface area contributed by atoms with Gasteiger partial charge in [0.25, 0.3) is 0 Å². The number of nitrogens with zero attached hydrogens (tertiary/aromatic N) is 3. The Morgan fingerprint density at radius 1 is 1.02 bits per heavy atom. The van der Waals surface area contributed by atoms with E-state index < -0.39 is 11.0 Å². The third-order valence-electron chi connectivity index (χ3n) is 9.35. The molecule has 2 N–H and O–H groups in total. The lowest BCUT2D eigenvalue weighted by molar-refractivity contribution is -0.158. The predicted octanol–water partition coefficient (Wildman–Crippen LogP) is 4.08. The molecule has 1 fully saturated rings. The molecular weight excluding hydrogens is 502 g/mol. The van der Waals surface area contributed by atoms with Gasteiger partial charge in [-0.25, -0.2) is 4.98 Å². The van der Waals surface area contributed by atoms with E-state index in [4.69, 9.17) is 0 Å². The number of nitrogens with one attached hydrogen (secondary N) is 2. The van der Waals surface area contributed by atoms with Crippen LogP contribution in [0.5, 0.6) is 0 Å². The third kappa shape index (κ3) is 4.01. The number of anilines is 2. The monoisotopic (exact) mass is 537 g/mol. The molecule has 0 unspecified atom stereocenters. The van der Waals surface area contributed by atoms with Crippen LogP contribution in [0.3, 0.4) is 0 Å². The van der Waals surface area contributed by atoms with E-state index in [0.717, 1.165) is 22.3 Å². The number of hydrogen-bond acceptors (Lipinski definition) is 5. The Labute approximate surface area is 234 Å². The second kappa shape index (κ2) is 9.86. The molecule has 3 amide bonds. The molecule has 1 aromatic heterocycles. The van der Waals surface area contributed by atoms with E-state index in [9.17, 15) is 14.4 Å². The van der Waals surface area contributed by atoms with Gasteiger partial charge in [0.1, 0.15) is 12.4 Å². The van der Waals surface area contributed by atoms with Crippen LogP contribution in [0.4, 0.5) is 11.5 Å². The summed E-state index contributed by atoms with van der Waals surface area (Å²) in [5.41, 5.74) is 3.47. The molecule has 1 aliphatic carbocycles. The fourth-order valence-electron chi connectivity index (χ4n) is 7.04. The Morgan fingerprint density at radius 2 is 1.77 bits per heavy atom. The first-order valence-corrected chi connectivity index (χ1v) is 14.1. The number of rotatable bonds is 6. The molecule has 3 heterocycles. The van der Waals surface area contributed by atoms with Gasteiger partial charge in [0.05, 0.1) is 17.0 Å². The maximum Gasteiger partial charge on any atom is 0.244 e. The second-order valence-corrected chi connectivity index (χ2v) is 11.3. The maximum atomic E-state index is 14.0. The van der Waals surface area contributed by atoms with Gasteiger partial charge < -0.3 is 15.5 Å². The quantitative estimate of drug-likeness (QED) is 0.494. The topological polar surface area (TPSA) is 94.6 Å². The van der Waals surface area contributed by atoms with Gasteiger partial charge in [-0.3, -0.25) is 19.3 Å². The van der Waals surface area contributed by atoms with Crippen molar-refractivity contribution in [3.63, 3.8) is 0 Å². The van der Waals surface area contributed by atoms with Crippen molar-refractivity contribution in [1.29, 1.82) is 0 Å². The van der Waals surface area contributed by atoms with Crippen LogP contribution in [0.1, 0.15) is 55.0 Å². The van der Waals surface area contributed by atoms with Gasteiger partial charge in [0.15, 0.2) is 0 Å². The zero-order valence-corrected chi connectivity index (χ0v) is 23.2. The smallest absolute Gasteiger partial charge is 0.244 e. The van der Waals surface area contributed by atoms with Gasteiger partial charge in [-0.2, -0.15) is 0 Å². The van der Waals surface area contributed by atoms with E-state index in [1.807, 2.05) is 81.6 Å². The molecule has 0 saturated carbocycles. The fourth-order valence-corrected chi connectivity index (χ4v) is 7.04. The summed E-state index contributed by atoms with van der Waals surface area (Å²) in [6.07, 6.45) is 4.20. The second-order valence-electron chi connectivity index (χ2n) is 11.3. The Hall–Kier alpha value is -4.04. The average Bonchev–Trinajstić information content (AvgIpc) is 3.48. The van der Waals surface area contributed by atoms with Crippen molar-refractivity contribution in [1.82, 2.24) is 14.8 Å². The van der Waals surface area contributed by atoms with E-state index in [-0.39, 0.29) is 30.3 Å². The first-order chi connectivity index (χ1) is 19.3. The van der Waals surface area contributed by atoms with Crippen LogP contribution in [0.15, 0.2) is 66.9 Å². The highest BCUT2D eigenvalue weighted by molar-refractivity contribution is 6.06. The van der Waals surface area contributed by atoms with Crippen LogP contribution in [-0.4, -0.2) is 58.2 Å². The zero-order valence-electron chi connectivity index (χ0n) is 23.2. The molecule has 2 aliphatic heterocycles. The third-order valence-corrected chi connectivity index (χ3v) is 9.35. The van der Waals surface area contributed by atoms with E-state index in [1.165, 1.54) is 0 Å². The number of fused-ring (bicyclic) bond motifs is 3. The van der Waals surface area contributed by atoms with Gasteiger partial charge in [-0.05, 0) is 67.6 Å². The van der Waals surface area contributed by atoms with Crippen molar-refractivity contribution in [3.05, 3.63) is 89.1 Å². The highest BCUT2D eigenvalue weighted by atomic mass is 16.2. The number of carbonyl (C=O) groups excluding carboxylic acids is 3. The Morgan fingerprint density at radius 3 is 2.52 bits per heavy atom. The first-order valence-electron chi connectivity index (χ1n) is 14.1. The Balaban J connectivity index is 1.23. The molecule has 3 aromatic rings. The van der Waals surface area contributed by atoms with Gasteiger partial charge in [-0.1, -0.05) is 56.3 Å². The summed E-state index contributed by atoms with van der Waals surface area (Å²) < 4.78 is 0. The van der Waals surface area contributed by atoms with Crippen LogP contribution < -0.4 is 10.6 Å². The van der Waals surface area contributed by atoms with Crippen molar-refractivity contribution < 1.29 is 14.4 Å². The number of piperazine rings is 1. The summed E-state index contributed by atoms with van der Waals surface area (Å²) in [4.78, 5) is 48.7. The Kier molecular flexibility index (Phi) is 6.45. The molecule has 1 spiro atoms. The molecule has 206 valence electrons. The van der Waals surface area contributed by atoms with Crippen LogP contribution in [0, 0.1) is 0 Å². The van der Waals surface area contributed by atoms with Gasteiger partial charge in [0.2, 0.25) is 17.7 Å². The van der Waals surface area contributed by atoms with Gasteiger partial charge in [-0.15, -0.1) is 0 Å². The largest absolute Gasteiger partial charge is 0.325 e. The van der Waals surface area contributed by atoms with Gasteiger partial charge >= 0.3 is 0 Å². The zero-order chi connectivity index (χ0) is 28.1. The lowest BCUT2D eigenvalue weighted by Crippen LogP contribution is -2.65. The average molecular weight is 538 g/mol. The molecule has 8 heteroatoms. The minimum Gasteiger partial charge on any atom is -0.325 e. The molecule has 2 aromatic carbocycles. The first kappa shape index (κ1) is 26.2. The highest BCUT2D eigenvalue weighted by Gasteiger charge is 2.51. The van der Waals surface area contributed by atoms with Crippen molar-refractivity contribution >= 4 is 29.2 Å². The molecule has 0 bridgehead atoms. The van der Waals surface area contributed by atoms with Crippen molar-refractivity contribution in [2.75, 3.05) is 30.8 Å². The molecule has 1 saturated heterocycles. The highest BCUT2D eigenvalue weighted by Crippen LogP contribution is 2.47. The summed E-state index contributed by atoms with van der Waals surface area (Å²) in [6.45, 7) is 4.70. The van der Waals surface area contributed by atoms with Crippen LogP contribution >= 0.6 is 0 Å². The minimum absolute atomic E-state index is 0.00864. The number of amides is 3. The van der Waals surface area contributed by atoms with Crippen LogP contribution in [0.2, 0.25) is 0 Å². The van der Waals surface area contributed by atoms with Crippen LogP contribution in [-0.2, 0) is 32.6 Å². The van der Waals surface area contributed by atoms with Crippen LogP contribution in [0.25, 0.3) is 0 Å². The number of aromatic nitrogens is 1. The summed E-state index contributed by atoms with van der Waals surface area (Å²) in [5, 5.41) is 5.97. The minimum atomic E-state index is -0.659. The number of carbonyl (C=O) groups is 3. The molecule has 8 nitrogen and oxygen atoms in total. The molecule has 40 heavy (non-hydrogen) atoms. The summed E-state index contributed by atoms with van der Waals surface area (Å²) in [6, 6.07) is 19.4. The summed E-state index contributed by atoms with van der Waals surface area (Å²) >= 11 is 0. The van der Waals surface area contributed by atoms with Crippen molar-refractivity contribution in [3.8, 4) is 0 Å². The number of likely N-dealkylation sites (N-methyl/N-ethyl adjacent to an activating group) is 1. The lowest BCUT2D eigenvalue weighted by Gasteiger charge is -2.51. The maximum absolute atomic E-state index is 14.0. The molecule has 2 atom stereocenters. The molecule has 0 radical (unpaired) electrons. The van der Waals surface area contributed by atoms with E-state index in [0.29, 0.717) is 43.7 Å².